The van der Waals surface area contributed by atoms with Crippen LogP contribution < -0.4 is 10.9 Å². The normalized spacial score (nSPS) is 12.5. The first-order valence-electron chi connectivity index (χ1n) is 5.63. The molecule has 0 aliphatic rings. The van der Waals surface area contributed by atoms with Crippen molar-refractivity contribution in [1.82, 2.24) is 10.3 Å². The Hall–Kier alpha value is -1.62. The highest BCUT2D eigenvalue weighted by molar-refractivity contribution is 5.94. The molecule has 0 saturated heterocycles. The van der Waals surface area contributed by atoms with Crippen LogP contribution in [-0.4, -0.2) is 28.6 Å². The minimum absolute atomic E-state index is 0.104. The van der Waals surface area contributed by atoms with Crippen molar-refractivity contribution >= 4 is 5.91 Å². The van der Waals surface area contributed by atoms with Gasteiger partial charge < -0.3 is 15.4 Å². The molecular weight excluding hydrogens is 220 g/mol. The molecule has 0 saturated carbocycles. The van der Waals surface area contributed by atoms with Gasteiger partial charge in [0.1, 0.15) is 0 Å². The number of nitrogens with one attached hydrogen (secondary N) is 2. The fourth-order valence-electron chi connectivity index (χ4n) is 1.60. The summed E-state index contributed by atoms with van der Waals surface area (Å²) in [6, 6.07) is 2.49. The zero-order valence-corrected chi connectivity index (χ0v) is 10.1. The number of aliphatic hydroxyl groups excluding tert-OH is 1. The summed E-state index contributed by atoms with van der Waals surface area (Å²) in [5, 5.41) is 11.8. The van der Waals surface area contributed by atoms with Crippen LogP contribution in [-0.2, 0) is 0 Å². The molecule has 0 aliphatic carbocycles. The number of amides is 1. The Bertz CT molecular complexity index is 426. The molecule has 1 amide bonds. The molecule has 1 aromatic heterocycles. The number of pyridine rings is 1. The largest absolute Gasteiger partial charge is 0.394 e. The fraction of sp³-hybridized carbons (Fsp3) is 0.500. The van der Waals surface area contributed by atoms with Gasteiger partial charge in [-0.25, -0.2) is 0 Å². The zero-order valence-electron chi connectivity index (χ0n) is 10.1. The van der Waals surface area contributed by atoms with Crippen molar-refractivity contribution in [3.05, 3.63) is 34.2 Å². The highest BCUT2D eigenvalue weighted by Gasteiger charge is 2.14. The number of aromatic nitrogens is 1. The van der Waals surface area contributed by atoms with Crippen molar-refractivity contribution in [3.63, 3.8) is 0 Å². The van der Waals surface area contributed by atoms with Gasteiger partial charge in [-0.15, -0.1) is 0 Å². The third-order valence-corrected chi connectivity index (χ3v) is 2.35. The average molecular weight is 238 g/mol. The third kappa shape index (κ3) is 4.40. The van der Waals surface area contributed by atoms with Gasteiger partial charge in [-0.05, 0) is 18.4 Å². The molecule has 3 N–H and O–H groups in total. The molecule has 0 spiro atoms. The Kier molecular flexibility index (Phi) is 4.90. The van der Waals surface area contributed by atoms with Crippen LogP contribution in [0.3, 0.4) is 0 Å². The van der Waals surface area contributed by atoms with E-state index >= 15 is 0 Å². The molecule has 1 atom stereocenters. The number of rotatable bonds is 5. The summed E-state index contributed by atoms with van der Waals surface area (Å²) in [4.78, 5) is 25.3. The van der Waals surface area contributed by atoms with E-state index in [1.165, 1.54) is 18.3 Å². The number of hydrogen-bond acceptors (Lipinski definition) is 3. The van der Waals surface area contributed by atoms with Gasteiger partial charge >= 0.3 is 0 Å². The van der Waals surface area contributed by atoms with Crippen LogP contribution in [0.15, 0.2) is 23.1 Å². The number of hydrogen-bond donors (Lipinski definition) is 3. The van der Waals surface area contributed by atoms with Crippen LogP contribution in [0.1, 0.15) is 30.6 Å². The minimum Gasteiger partial charge on any atom is -0.394 e. The predicted molar refractivity (Wildman–Crippen MR) is 64.9 cm³/mol. The first-order chi connectivity index (χ1) is 8.02. The van der Waals surface area contributed by atoms with Crippen LogP contribution in [0, 0.1) is 5.92 Å². The lowest BCUT2D eigenvalue weighted by atomic mass is 10.0. The Morgan fingerprint density at radius 2 is 2.24 bits per heavy atom. The zero-order chi connectivity index (χ0) is 12.8. The predicted octanol–water partition coefficient (Wildman–Crippen LogP) is 0.512. The molecular formula is C12H18N2O3. The van der Waals surface area contributed by atoms with Crippen LogP contribution in [0.2, 0.25) is 0 Å². The molecule has 1 unspecified atom stereocenters. The summed E-state index contributed by atoms with van der Waals surface area (Å²) in [7, 11) is 0. The van der Waals surface area contributed by atoms with E-state index < -0.39 is 0 Å². The van der Waals surface area contributed by atoms with Gasteiger partial charge in [0, 0.05) is 17.8 Å². The highest BCUT2D eigenvalue weighted by atomic mass is 16.3. The quantitative estimate of drug-likeness (QED) is 0.699. The standard InChI is InChI=1S/C12H18N2O3/c1-8(2)5-10(7-15)14-12(17)9-3-4-13-11(16)6-9/h3-4,6,8,10,15H,5,7H2,1-2H3,(H,13,16)(H,14,17). The second-order valence-electron chi connectivity index (χ2n) is 4.42. The van der Waals surface area contributed by atoms with Gasteiger partial charge in [-0.2, -0.15) is 0 Å². The van der Waals surface area contributed by atoms with Crippen LogP contribution in [0.5, 0.6) is 0 Å². The first-order valence-corrected chi connectivity index (χ1v) is 5.63. The van der Waals surface area contributed by atoms with Gasteiger partial charge in [-0.3, -0.25) is 9.59 Å². The average Bonchev–Trinajstić information content (AvgIpc) is 2.27. The molecule has 0 bridgehead atoms. The molecule has 0 aromatic carbocycles. The summed E-state index contributed by atoms with van der Waals surface area (Å²) < 4.78 is 0. The number of H-pyrrole nitrogens is 1. The van der Waals surface area contributed by atoms with Crippen molar-refractivity contribution in [2.24, 2.45) is 5.92 Å². The second-order valence-corrected chi connectivity index (χ2v) is 4.42. The van der Waals surface area contributed by atoms with Crippen LogP contribution in [0.25, 0.3) is 0 Å². The van der Waals surface area contributed by atoms with Crippen LogP contribution in [0.4, 0.5) is 0 Å². The van der Waals surface area contributed by atoms with E-state index in [4.69, 9.17) is 5.11 Å². The summed E-state index contributed by atoms with van der Waals surface area (Å²) in [6.07, 6.45) is 2.12. The van der Waals surface area contributed by atoms with E-state index in [9.17, 15) is 9.59 Å². The Labute approximate surface area is 99.9 Å². The number of carbonyl (C=O) groups is 1. The maximum absolute atomic E-state index is 11.8. The van der Waals surface area contributed by atoms with E-state index in [1.54, 1.807) is 0 Å². The fourth-order valence-corrected chi connectivity index (χ4v) is 1.60. The number of carbonyl (C=O) groups excluding carboxylic acids is 1. The lowest BCUT2D eigenvalue weighted by Crippen LogP contribution is -2.38. The van der Waals surface area contributed by atoms with Crippen molar-refractivity contribution < 1.29 is 9.90 Å². The number of aromatic amines is 1. The van der Waals surface area contributed by atoms with E-state index in [2.05, 4.69) is 10.3 Å². The van der Waals surface area contributed by atoms with Crippen molar-refractivity contribution in [2.75, 3.05) is 6.61 Å². The van der Waals surface area contributed by atoms with Crippen LogP contribution >= 0.6 is 0 Å². The monoisotopic (exact) mass is 238 g/mol. The maximum Gasteiger partial charge on any atom is 0.251 e. The highest BCUT2D eigenvalue weighted by Crippen LogP contribution is 2.05. The molecule has 0 fully saturated rings. The molecule has 1 rings (SSSR count). The minimum atomic E-state index is -0.337. The van der Waals surface area contributed by atoms with Gasteiger partial charge in [0.25, 0.3) is 5.91 Å². The van der Waals surface area contributed by atoms with Gasteiger partial charge in [-0.1, -0.05) is 13.8 Å². The van der Waals surface area contributed by atoms with Crippen molar-refractivity contribution in [3.8, 4) is 0 Å². The molecule has 0 aliphatic heterocycles. The Morgan fingerprint density at radius 1 is 1.53 bits per heavy atom. The van der Waals surface area contributed by atoms with Crippen molar-refractivity contribution in [2.45, 2.75) is 26.3 Å². The SMILES string of the molecule is CC(C)CC(CO)NC(=O)c1cc[nH]c(=O)c1. The molecule has 94 valence electrons. The first kappa shape index (κ1) is 13.4. The third-order valence-electron chi connectivity index (χ3n) is 2.35. The van der Waals surface area contributed by atoms with Crippen molar-refractivity contribution in [1.29, 1.82) is 0 Å². The summed E-state index contributed by atoms with van der Waals surface area (Å²) in [5.74, 6) is 0.0439. The molecule has 0 radical (unpaired) electrons. The maximum atomic E-state index is 11.8. The Morgan fingerprint density at radius 3 is 2.76 bits per heavy atom. The summed E-state index contributed by atoms with van der Waals surface area (Å²) in [6.45, 7) is 3.93. The lowest BCUT2D eigenvalue weighted by Gasteiger charge is -2.18. The molecule has 5 heteroatoms. The molecule has 1 aromatic rings. The molecule has 1 heterocycles. The van der Waals surface area contributed by atoms with E-state index in [-0.39, 0.29) is 24.1 Å². The van der Waals surface area contributed by atoms with Gasteiger partial charge in [0.05, 0.1) is 12.6 Å². The van der Waals surface area contributed by atoms with Gasteiger partial charge in [0.2, 0.25) is 5.56 Å². The smallest absolute Gasteiger partial charge is 0.251 e. The van der Waals surface area contributed by atoms with E-state index in [0.717, 1.165) is 0 Å². The summed E-state index contributed by atoms with van der Waals surface area (Å²) in [5.41, 5.74) is -0.0157. The lowest BCUT2D eigenvalue weighted by molar-refractivity contribution is 0.0908. The van der Waals surface area contributed by atoms with E-state index in [0.29, 0.717) is 17.9 Å². The molecule has 17 heavy (non-hydrogen) atoms. The van der Waals surface area contributed by atoms with E-state index in [1.807, 2.05) is 13.8 Å². The Balaban J connectivity index is 2.67. The molecule has 5 nitrogen and oxygen atoms in total. The summed E-state index contributed by atoms with van der Waals surface area (Å²) >= 11 is 0. The second kappa shape index (κ2) is 6.20. The number of aliphatic hydroxyl groups is 1. The van der Waals surface area contributed by atoms with Gasteiger partial charge in [0.15, 0.2) is 0 Å². The topological polar surface area (TPSA) is 82.2 Å².